The summed E-state index contributed by atoms with van der Waals surface area (Å²) in [7, 11) is 0. The topological polar surface area (TPSA) is 38.7 Å². The van der Waals surface area contributed by atoms with Gasteiger partial charge in [0.2, 0.25) is 0 Å². The van der Waals surface area contributed by atoms with E-state index in [0.717, 1.165) is 0 Å². The van der Waals surface area contributed by atoms with Crippen molar-refractivity contribution in [1.82, 2.24) is 0 Å². The van der Waals surface area contributed by atoms with Crippen LogP contribution < -0.4 is 0 Å². The van der Waals surface area contributed by atoms with Crippen molar-refractivity contribution in [3.05, 3.63) is 61.3 Å². The van der Waals surface area contributed by atoms with Crippen molar-refractivity contribution in [2.24, 2.45) is 4.99 Å². The standard InChI is InChI=1S/C13H13NO2/c15-13-7-3-1-2-5-9-14-10-12-16-11-6-4-8-13/h1-6,8-12H,7H2/b3-1-,5-2-,8-4-,11-6-,12-10-,14-9+. The third-order valence-electron chi connectivity index (χ3n) is 1.63. The number of ether oxygens (including phenoxy) is 1. The second kappa shape index (κ2) is 8.17. The maximum atomic E-state index is 11.2. The molecular weight excluding hydrogens is 202 g/mol. The fourth-order valence-corrected chi connectivity index (χ4v) is 0.913. The molecule has 0 radical (unpaired) electrons. The number of hydrogen-bond donors (Lipinski definition) is 0. The van der Waals surface area contributed by atoms with Crippen molar-refractivity contribution in [3.8, 4) is 0 Å². The van der Waals surface area contributed by atoms with Crippen molar-refractivity contribution in [2.75, 3.05) is 0 Å². The highest BCUT2D eigenvalue weighted by atomic mass is 16.5. The molecule has 0 amide bonds. The lowest BCUT2D eigenvalue weighted by Crippen LogP contribution is -1.87. The van der Waals surface area contributed by atoms with E-state index in [-0.39, 0.29) is 5.78 Å². The maximum Gasteiger partial charge on any atom is 0.159 e. The molecule has 1 heterocycles. The highest BCUT2D eigenvalue weighted by Gasteiger charge is 1.89. The Morgan fingerprint density at radius 2 is 2.00 bits per heavy atom. The molecule has 1 aliphatic rings. The van der Waals surface area contributed by atoms with Crippen LogP contribution in [-0.4, -0.2) is 12.0 Å². The second-order valence-corrected chi connectivity index (χ2v) is 2.89. The highest BCUT2D eigenvalue weighted by Crippen LogP contribution is 1.91. The number of carbonyl (C=O) groups excluding carboxylic acids is 1. The summed E-state index contributed by atoms with van der Waals surface area (Å²) < 4.78 is 4.97. The fourth-order valence-electron chi connectivity index (χ4n) is 0.913. The van der Waals surface area contributed by atoms with Crippen LogP contribution in [0.5, 0.6) is 0 Å². The van der Waals surface area contributed by atoms with E-state index in [9.17, 15) is 4.79 Å². The summed E-state index contributed by atoms with van der Waals surface area (Å²) >= 11 is 0. The molecule has 3 nitrogen and oxygen atoms in total. The van der Waals surface area contributed by atoms with Gasteiger partial charge in [0.05, 0.1) is 12.5 Å². The van der Waals surface area contributed by atoms with Gasteiger partial charge in [0.15, 0.2) is 5.78 Å². The quantitative estimate of drug-likeness (QED) is 0.623. The van der Waals surface area contributed by atoms with Crippen molar-refractivity contribution < 1.29 is 9.53 Å². The molecule has 0 aromatic carbocycles. The number of aliphatic imine (C=N–C) groups is 1. The van der Waals surface area contributed by atoms with Crippen molar-refractivity contribution >= 4 is 12.0 Å². The molecule has 0 bridgehead atoms. The van der Waals surface area contributed by atoms with Crippen LogP contribution in [0, 0.1) is 0 Å². The first-order valence-electron chi connectivity index (χ1n) is 4.91. The lowest BCUT2D eigenvalue weighted by molar-refractivity contribution is -0.113. The molecule has 82 valence electrons. The number of allylic oxidation sites excluding steroid dienone is 7. The number of hydrogen-bond acceptors (Lipinski definition) is 3. The summed E-state index contributed by atoms with van der Waals surface area (Å²) in [5.74, 6) is 0.0494. The van der Waals surface area contributed by atoms with Crippen molar-refractivity contribution in [1.29, 1.82) is 0 Å². The molecule has 0 N–H and O–H groups in total. The molecule has 0 saturated heterocycles. The number of carbonyl (C=O) groups is 1. The molecule has 0 aromatic rings. The van der Waals surface area contributed by atoms with Crippen LogP contribution in [0.4, 0.5) is 0 Å². The third kappa shape index (κ3) is 6.32. The van der Waals surface area contributed by atoms with E-state index in [1.807, 2.05) is 12.2 Å². The first-order chi connectivity index (χ1) is 7.89. The van der Waals surface area contributed by atoms with Crippen LogP contribution in [0.2, 0.25) is 0 Å². The van der Waals surface area contributed by atoms with E-state index in [0.29, 0.717) is 6.42 Å². The monoisotopic (exact) mass is 215 g/mol. The summed E-state index contributed by atoms with van der Waals surface area (Å²) in [4.78, 5) is 15.2. The van der Waals surface area contributed by atoms with E-state index in [1.54, 1.807) is 30.5 Å². The molecule has 16 heavy (non-hydrogen) atoms. The van der Waals surface area contributed by atoms with Gasteiger partial charge in [-0.05, 0) is 18.2 Å². The largest absolute Gasteiger partial charge is 0.471 e. The Labute approximate surface area is 94.8 Å². The smallest absolute Gasteiger partial charge is 0.159 e. The number of ketones is 1. The molecule has 0 fully saturated rings. The van der Waals surface area contributed by atoms with Gasteiger partial charge in [-0.1, -0.05) is 24.3 Å². The summed E-state index contributed by atoms with van der Waals surface area (Å²) in [5.41, 5.74) is 0. The summed E-state index contributed by atoms with van der Waals surface area (Å²) in [6.07, 6.45) is 18.5. The molecule has 3 heteroatoms. The van der Waals surface area contributed by atoms with E-state index in [1.165, 1.54) is 24.8 Å². The molecule has 0 aliphatic carbocycles. The third-order valence-corrected chi connectivity index (χ3v) is 1.63. The minimum Gasteiger partial charge on any atom is -0.471 e. The Kier molecular flexibility index (Phi) is 6.09. The lowest BCUT2D eigenvalue weighted by atomic mass is 10.2. The molecular formula is C13H13NO2. The van der Waals surface area contributed by atoms with Gasteiger partial charge in [-0.2, -0.15) is 0 Å². The normalized spacial score (nSPS) is 28.9. The second-order valence-electron chi connectivity index (χ2n) is 2.89. The van der Waals surface area contributed by atoms with Crippen molar-refractivity contribution in [2.45, 2.75) is 6.42 Å². The first kappa shape index (κ1) is 11.9. The lowest BCUT2D eigenvalue weighted by Gasteiger charge is -1.86. The highest BCUT2D eigenvalue weighted by molar-refractivity contribution is 5.90. The Balaban J connectivity index is 2.64. The molecule has 1 aliphatic heterocycles. The number of rotatable bonds is 0. The molecule has 0 atom stereocenters. The van der Waals surface area contributed by atoms with Crippen LogP contribution >= 0.6 is 0 Å². The average Bonchev–Trinajstić information content (AvgIpc) is 2.29. The van der Waals surface area contributed by atoms with Crippen LogP contribution in [-0.2, 0) is 9.53 Å². The van der Waals surface area contributed by atoms with E-state index < -0.39 is 0 Å². The van der Waals surface area contributed by atoms with Crippen molar-refractivity contribution in [3.63, 3.8) is 0 Å². The molecule has 0 aromatic heterocycles. The zero-order valence-corrected chi connectivity index (χ0v) is 8.82. The molecule has 0 saturated carbocycles. The van der Waals surface area contributed by atoms with Crippen LogP contribution in [0.25, 0.3) is 0 Å². The van der Waals surface area contributed by atoms with Gasteiger partial charge >= 0.3 is 0 Å². The Morgan fingerprint density at radius 3 is 2.94 bits per heavy atom. The molecule has 0 spiro atoms. The zero-order chi connectivity index (χ0) is 11.5. The van der Waals surface area contributed by atoms with E-state index >= 15 is 0 Å². The van der Waals surface area contributed by atoms with E-state index in [2.05, 4.69) is 4.99 Å². The molecule has 0 unspecified atom stereocenters. The van der Waals surface area contributed by atoms with Crippen LogP contribution in [0.3, 0.4) is 0 Å². The minimum atomic E-state index is 0.0494. The zero-order valence-electron chi connectivity index (χ0n) is 8.82. The van der Waals surface area contributed by atoms with Crippen LogP contribution in [0.15, 0.2) is 66.2 Å². The summed E-state index contributed by atoms with van der Waals surface area (Å²) in [6.45, 7) is 0. The van der Waals surface area contributed by atoms with Gasteiger partial charge < -0.3 is 4.74 Å². The Hall–Kier alpha value is -2.16. The van der Waals surface area contributed by atoms with E-state index in [4.69, 9.17) is 4.74 Å². The average molecular weight is 215 g/mol. The van der Waals surface area contributed by atoms with Gasteiger partial charge in [-0.3, -0.25) is 9.79 Å². The van der Waals surface area contributed by atoms with Gasteiger partial charge in [-0.15, -0.1) is 0 Å². The first-order valence-corrected chi connectivity index (χ1v) is 4.91. The SMILES string of the molecule is O=C1/C=C\C=C/O\C=C/N=C/C=C\C=C/C1. The van der Waals surface area contributed by atoms with Gasteiger partial charge in [0.1, 0.15) is 6.26 Å². The van der Waals surface area contributed by atoms with Crippen LogP contribution in [0.1, 0.15) is 6.42 Å². The minimum absolute atomic E-state index is 0.0494. The fraction of sp³-hybridized carbons (Fsp3) is 0.0769. The predicted octanol–water partition coefficient (Wildman–Crippen LogP) is 2.70. The Morgan fingerprint density at radius 1 is 1.06 bits per heavy atom. The van der Waals surface area contributed by atoms with Gasteiger partial charge in [-0.25, -0.2) is 0 Å². The van der Waals surface area contributed by atoms with Gasteiger partial charge in [0.25, 0.3) is 0 Å². The predicted molar refractivity (Wildman–Crippen MR) is 64.9 cm³/mol. The Bertz CT molecular complexity index is 385. The summed E-state index contributed by atoms with van der Waals surface area (Å²) in [5, 5.41) is 0. The number of nitrogens with zero attached hydrogens (tertiary/aromatic N) is 1. The maximum absolute atomic E-state index is 11.2. The molecule has 1 rings (SSSR count). The summed E-state index contributed by atoms with van der Waals surface area (Å²) in [6, 6.07) is 0. The van der Waals surface area contributed by atoms with Gasteiger partial charge in [0, 0.05) is 12.6 Å².